The first-order valence-corrected chi connectivity index (χ1v) is 7.50. The highest BCUT2D eigenvalue weighted by atomic mass is 16.1. The largest absolute Gasteiger partial charge is 0.326 e. The average Bonchev–Trinajstić information content (AvgIpc) is 2.42. The van der Waals surface area contributed by atoms with Crippen LogP contribution in [0.5, 0.6) is 0 Å². The van der Waals surface area contributed by atoms with Crippen molar-refractivity contribution in [3.05, 3.63) is 56.9 Å². The first kappa shape index (κ1) is 15.5. The molecule has 0 atom stereocenters. The summed E-state index contributed by atoms with van der Waals surface area (Å²) in [4.78, 5) is 12.7. The Labute approximate surface area is 126 Å². The molecule has 0 fully saturated rings. The molecule has 0 unspecified atom stereocenters. The Morgan fingerprint density at radius 1 is 1.10 bits per heavy atom. The van der Waals surface area contributed by atoms with Crippen molar-refractivity contribution in [2.75, 3.05) is 0 Å². The van der Waals surface area contributed by atoms with E-state index in [2.05, 4.69) is 45.0 Å². The van der Waals surface area contributed by atoms with Gasteiger partial charge in [0.15, 0.2) is 0 Å². The zero-order valence-corrected chi connectivity index (χ0v) is 13.4. The number of nitrogens with two attached hydrogens (primary N) is 1. The number of benzene rings is 1. The summed E-state index contributed by atoms with van der Waals surface area (Å²) in [6.07, 6.45) is 0.922. The number of aryl methyl sites for hydroxylation is 3. The lowest BCUT2D eigenvalue weighted by Crippen LogP contribution is -2.28. The van der Waals surface area contributed by atoms with E-state index < -0.39 is 0 Å². The van der Waals surface area contributed by atoms with E-state index in [1.54, 1.807) is 0 Å². The highest BCUT2D eigenvalue weighted by Gasteiger charge is 2.13. The predicted octanol–water partition coefficient (Wildman–Crippen LogP) is 3.31. The average molecular weight is 284 g/mol. The quantitative estimate of drug-likeness (QED) is 0.936. The molecule has 0 aliphatic heterocycles. The fraction of sp³-hybridized carbons (Fsp3) is 0.389. The Kier molecular flexibility index (Phi) is 4.63. The van der Waals surface area contributed by atoms with E-state index in [-0.39, 0.29) is 5.56 Å². The lowest BCUT2D eigenvalue weighted by atomic mass is 9.99. The third-order valence-corrected chi connectivity index (χ3v) is 3.93. The molecule has 1 aromatic heterocycles. The standard InChI is InChI=1S/C18H24N2O/c1-5-8-20-17(10-14(4)16(11-19)18(20)21)15-7-6-12(2)9-13(15)3/h6-7,9-10H,5,8,11,19H2,1-4H3. The van der Waals surface area contributed by atoms with Crippen LogP contribution in [-0.4, -0.2) is 4.57 Å². The number of hydrogen-bond acceptors (Lipinski definition) is 2. The van der Waals surface area contributed by atoms with Crippen molar-refractivity contribution in [1.29, 1.82) is 0 Å². The van der Waals surface area contributed by atoms with E-state index in [1.807, 2.05) is 11.5 Å². The molecule has 0 saturated carbocycles. The molecular weight excluding hydrogens is 260 g/mol. The minimum Gasteiger partial charge on any atom is -0.326 e. The van der Waals surface area contributed by atoms with Gasteiger partial charge in [-0.15, -0.1) is 0 Å². The van der Waals surface area contributed by atoms with Crippen LogP contribution in [0.15, 0.2) is 29.1 Å². The Morgan fingerprint density at radius 3 is 2.38 bits per heavy atom. The number of rotatable bonds is 4. The van der Waals surface area contributed by atoms with Gasteiger partial charge >= 0.3 is 0 Å². The summed E-state index contributed by atoms with van der Waals surface area (Å²) in [5.41, 5.74) is 12.0. The highest BCUT2D eigenvalue weighted by Crippen LogP contribution is 2.25. The van der Waals surface area contributed by atoms with Gasteiger partial charge < -0.3 is 10.3 Å². The summed E-state index contributed by atoms with van der Waals surface area (Å²) in [5, 5.41) is 0. The van der Waals surface area contributed by atoms with Gasteiger partial charge in [0.1, 0.15) is 0 Å². The van der Waals surface area contributed by atoms with Gasteiger partial charge in [-0.2, -0.15) is 0 Å². The van der Waals surface area contributed by atoms with Gasteiger partial charge in [-0.1, -0.05) is 30.7 Å². The SMILES string of the molecule is CCCn1c(-c2ccc(C)cc2C)cc(C)c(CN)c1=O. The van der Waals surface area contributed by atoms with Crippen LogP contribution < -0.4 is 11.3 Å². The summed E-state index contributed by atoms with van der Waals surface area (Å²) in [7, 11) is 0. The molecule has 3 heteroatoms. The molecule has 2 aromatic rings. The molecule has 2 rings (SSSR count). The van der Waals surface area contributed by atoms with Crippen molar-refractivity contribution in [3.8, 4) is 11.3 Å². The Bertz CT molecular complexity index is 714. The number of aromatic nitrogens is 1. The first-order chi connectivity index (χ1) is 9.99. The van der Waals surface area contributed by atoms with Crippen LogP contribution in [0.4, 0.5) is 0 Å². The number of pyridine rings is 1. The zero-order valence-electron chi connectivity index (χ0n) is 13.4. The molecule has 0 spiro atoms. The van der Waals surface area contributed by atoms with E-state index in [0.29, 0.717) is 6.54 Å². The predicted molar refractivity (Wildman–Crippen MR) is 88.5 cm³/mol. The highest BCUT2D eigenvalue weighted by molar-refractivity contribution is 5.65. The number of nitrogens with zero attached hydrogens (tertiary/aromatic N) is 1. The Morgan fingerprint density at radius 2 is 1.81 bits per heavy atom. The van der Waals surface area contributed by atoms with Crippen LogP contribution in [-0.2, 0) is 13.1 Å². The van der Waals surface area contributed by atoms with Crippen LogP contribution in [0.3, 0.4) is 0 Å². The molecule has 0 radical (unpaired) electrons. The second-order valence-corrected chi connectivity index (χ2v) is 5.67. The smallest absolute Gasteiger partial charge is 0.255 e. The van der Waals surface area contributed by atoms with Gasteiger partial charge in [0.05, 0.1) is 5.69 Å². The van der Waals surface area contributed by atoms with E-state index in [0.717, 1.165) is 35.3 Å². The maximum atomic E-state index is 12.7. The van der Waals surface area contributed by atoms with Crippen molar-refractivity contribution < 1.29 is 0 Å². The molecule has 112 valence electrons. The molecule has 0 aliphatic rings. The summed E-state index contributed by atoms with van der Waals surface area (Å²) >= 11 is 0. The summed E-state index contributed by atoms with van der Waals surface area (Å²) in [5.74, 6) is 0. The molecular formula is C18H24N2O. The Balaban J connectivity index is 2.76. The molecule has 1 aromatic carbocycles. The van der Waals surface area contributed by atoms with E-state index in [1.165, 1.54) is 11.1 Å². The van der Waals surface area contributed by atoms with Crippen molar-refractivity contribution in [2.24, 2.45) is 5.73 Å². The summed E-state index contributed by atoms with van der Waals surface area (Å²) in [6, 6.07) is 8.45. The topological polar surface area (TPSA) is 48.0 Å². The van der Waals surface area contributed by atoms with Gasteiger partial charge in [0.2, 0.25) is 0 Å². The van der Waals surface area contributed by atoms with Crippen LogP contribution in [0.1, 0.15) is 35.6 Å². The molecule has 3 nitrogen and oxygen atoms in total. The lowest BCUT2D eigenvalue weighted by Gasteiger charge is -2.17. The zero-order chi connectivity index (χ0) is 15.6. The third kappa shape index (κ3) is 2.93. The lowest BCUT2D eigenvalue weighted by molar-refractivity contribution is 0.651. The van der Waals surface area contributed by atoms with Crippen LogP contribution >= 0.6 is 0 Å². The minimum atomic E-state index is 0.0503. The first-order valence-electron chi connectivity index (χ1n) is 7.50. The Hall–Kier alpha value is -1.87. The van der Waals surface area contributed by atoms with Crippen molar-refractivity contribution in [3.63, 3.8) is 0 Å². The van der Waals surface area contributed by atoms with Gasteiger partial charge in [0.25, 0.3) is 5.56 Å². The van der Waals surface area contributed by atoms with Crippen LogP contribution in [0, 0.1) is 20.8 Å². The fourth-order valence-electron chi connectivity index (χ4n) is 2.83. The maximum absolute atomic E-state index is 12.7. The molecule has 0 aliphatic carbocycles. The van der Waals surface area contributed by atoms with Gasteiger partial charge in [-0.05, 0) is 44.4 Å². The van der Waals surface area contributed by atoms with Crippen molar-refractivity contribution >= 4 is 0 Å². The molecule has 1 heterocycles. The molecule has 21 heavy (non-hydrogen) atoms. The van der Waals surface area contributed by atoms with E-state index >= 15 is 0 Å². The second-order valence-electron chi connectivity index (χ2n) is 5.67. The summed E-state index contributed by atoms with van der Waals surface area (Å²) in [6.45, 7) is 9.23. The molecule has 2 N–H and O–H groups in total. The van der Waals surface area contributed by atoms with Crippen LogP contribution in [0.25, 0.3) is 11.3 Å². The fourth-order valence-corrected chi connectivity index (χ4v) is 2.83. The second kappa shape index (κ2) is 6.27. The molecule has 0 amide bonds. The monoisotopic (exact) mass is 284 g/mol. The maximum Gasteiger partial charge on any atom is 0.255 e. The minimum absolute atomic E-state index is 0.0503. The van der Waals surface area contributed by atoms with Crippen molar-refractivity contribution in [1.82, 2.24) is 4.57 Å². The van der Waals surface area contributed by atoms with Gasteiger partial charge in [-0.3, -0.25) is 4.79 Å². The van der Waals surface area contributed by atoms with Crippen LogP contribution in [0.2, 0.25) is 0 Å². The van der Waals surface area contributed by atoms with E-state index in [4.69, 9.17) is 5.73 Å². The van der Waals surface area contributed by atoms with Gasteiger partial charge in [0, 0.05) is 24.2 Å². The normalized spacial score (nSPS) is 10.9. The third-order valence-electron chi connectivity index (χ3n) is 3.93. The van der Waals surface area contributed by atoms with Gasteiger partial charge in [-0.25, -0.2) is 0 Å². The summed E-state index contributed by atoms with van der Waals surface area (Å²) < 4.78 is 1.87. The molecule has 0 saturated heterocycles. The van der Waals surface area contributed by atoms with Crippen molar-refractivity contribution in [2.45, 2.75) is 47.2 Å². The van der Waals surface area contributed by atoms with E-state index in [9.17, 15) is 4.79 Å². The number of hydrogen-bond donors (Lipinski definition) is 1. The molecule has 0 bridgehead atoms.